The minimum absolute atomic E-state index is 0.201. The van der Waals surface area contributed by atoms with Crippen molar-refractivity contribution in [1.29, 1.82) is 0 Å². The maximum Gasteiger partial charge on any atom is 0.518 e. The Morgan fingerprint density at radius 1 is 0.696 bits per heavy atom. The molecule has 0 saturated carbocycles. The smallest absolute Gasteiger partial charge is 0.431 e. The zero-order valence-corrected chi connectivity index (χ0v) is 15.3. The predicted molar refractivity (Wildman–Crippen MR) is 90.5 cm³/mol. The summed E-state index contributed by atoms with van der Waals surface area (Å²) in [6, 6.07) is 0. The van der Waals surface area contributed by atoms with Gasteiger partial charge in [-0.15, -0.1) is 0 Å². The van der Waals surface area contributed by atoms with Crippen molar-refractivity contribution in [3.8, 4) is 0 Å². The Bertz CT molecular complexity index is 287. The van der Waals surface area contributed by atoms with Crippen molar-refractivity contribution in [2.75, 3.05) is 0 Å². The highest BCUT2D eigenvalue weighted by atomic mass is 16.8. The molecule has 0 fully saturated rings. The molecule has 23 heavy (non-hydrogen) atoms. The van der Waals surface area contributed by atoms with Crippen LogP contribution in [0, 0.1) is 0 Å². The topological polar surface area (TPSA) is 61.8 Å². The molecule has 0 bridgehead atoms. The molecule has 0 saturated heterocycles. The van der Waals surface area contributed by atoms with Crippen molar-refractivity contribution in [3.63, 3.8) is 0 Å². The van der Waals surface area contributed by atoms with Crippen molar-refractivity contribution in [2.24, 2.45) is 0 Å². The first kappa shape index (κ1) is 21.7. The van der Waals surface area contributed by atoms with Gasteiger partial charge in [-0.25, -0.2) is 9.59 Å². The van der Waals surface area contributed by atoms with E-state index in [0.29, 0.717) is 12.8 Å². The summed E-state index contributed by atoms with van der Waals surface area (Å²) in [5.74, 6) is 0. The van der Waals surface area contributed by atoms with Crippen molar-refractivity contribution in [1.82, 2.24) is 0 Å². The van der Waals surface area contributed by atoms with Gasteiger partial charge in [-0.3, -0.25) is 0 Å². The van der Waals surface area contributed by atoms with Crippen molar-refractivity contribution >= 4 is 12.3 Å². The Morgan fingerprint density at radius 3 is 1.39 bits per heavy atom. The molecule has 0 aliphatic rings. The van der Waals surface area contributed by atoms with Crippen LogP contribution in [0.2, 0.25) is 0 Å². The van der Waals surface area contributed by atoms with Crippen LogP contribution in [0.1, 0.15) is 91.9 Å². The van der Waals surface area contributed by atoms with E-state index in [1.165, 1.54) is 0 Å². The van der Waals surface area contributed by atoms with E-state index in [0.717, 1.165) is 51.4 Å². The van der Waals surface area contributed by atoms with Crippen LogP contribution in [0.15, 0.2) is 0 Å². The van der Waals surface area contributed by atoms with E-state index >= 15 is 0 Å². The van der Waals surface area contributed by atoms with Gasteiger partial charge in [0, 0.05) is 0 Å². The van der Waals surface area contributed by atoms with E-state index in [1.54, 1.807) is 0 Å². The molecule has 0 spiro atoms. The van der Waals surface area contributed by atoms with Gasteiger partial charge < -0.3 is 14.2 Å². The fraction of sp³-hybridized carbons (Fsp3) is 0.889. The Kier molecular flexibility index (Phi) is 13.6. The summed E-state index contributed by atoms with van der Waals surface area (Å²) in [6.45, 7) is 8.14. The summed E-state index contributed by atoms with van der Waals surface area (Å²) in [5, 5.41) is 0. The molecular weight excluding hydrogens is 296 g/mol. The number of carbonyl (C=O) groups excluding carboxylic acids is 2. The van der Waals surface area contributed by atoms with Crippen molar-refractivity contribution in [2.45, 2.75) is 104 Å². The van der Waals surface area contributed by atoms with Gasteiger partial charge in [-0.05, 0) is 38.5 Å². The van der Waals surface area contributed by atoms with Gasteiger partial charge in [-0.2, -0.15) is 0 Å². The largest absolute Gasteiger partial charge is 0.518 e. The summed E-state index contributed by atoms with van der Waals surface area (Å²) in [5.41, 5.74) is 0. The number of ether oxygens (including phenoxy) is 3. The van der Waals surface area contributed by atoms with E-state index in [4.69, 9.17) is 9.47 Å². The second-order valence-corrected chi connectivity index (χ2v) is 5.89. The van der Waals surface area contributed by atoms with Crippen LogP contribution < -0.4 is 0 Å². The lowest BCUT2D eigenvalue weighted by molar-refractivity contribution is -0.00283. The van der Waals surface area contributed by atoms with E-state index in [-0.39, 0.29) is 12.2 Å². The average Bonchev–Trinajstić information content (AvgIpc) is 2.53. The maximum absolute atomic E-state index is 11.6. The van der Waals surface area contributed by atoms with E-state index in [9.17, 15) is 9.59 Å². The van der Waals surface area contributed by atoms with Crippen LogP contribution in [0.5, 0.6) is 0 Å². The first-order chi connectivity index (χ1) is 11.1. The van der Waals surface area contributed by atoms with Gasteiger partial charge in [-0.1, -0.05) is 53.4 Å². The minimum Gasteiger partial charge on any atom is -0.431 e. The molecule has 0 N–H and O–H groups in total. The predicted octanol–water partition coefficient (Wildman–Crippen LogP) is 5.99. The first-order valence-electron chi connectivity index (χ1n) is 9.16. The van der Waals surface area contributed by atoms with Crippen LogP contribution in [-0.4, -0.2) is 24.5 Å². The van der Waals surface area contributed by atoms with E-state index in [1.807, 2.05) is 13.8 Å². The first-order valence-corrected chi connectivity index (χ1v) is 9.16. The monoisotopic (exact) mass is 330 g/mol. The fourth-order valence-corrected chi connectivity index (χ4v) is 2.33. The van der Waals surface area contributed by atoms with Gasteiger partial charge in [0.2, 0.25) is 0 Å². The van der Waals surface area contributed by atoms with Crippen LogP contribution in [-0.2, 0) is 14.2 Å². The summed E-state index contributed by atoms with van der Waals surface area (Å²) in [6.07, 6.45) is 7.14. The average molecular weight is 330 g/mol. The lowest BCUT2D eigenvalue weighted by Gasteiger charge is -2.17. The highest BCUT2D eigenvalue weighted by Gasteiger charge is 2.20. The van der Waals surface area contributed by atoms with E-state index < -0.39 is 12.3 Å². The lowest BCUT2D eigenvalue weighted by atomic mass is 10.1. The van der Waals surface area contributed by atoms with Gasteiger partial charge in [0.05, 0.1) is 0 Å². The molecule has 0 aromatic rings. The second-order valence-electron chi connectivity index (χ2n) is 5.89. The number of hydrogen-bond donors (Lipinski definition) is 0. The van der Waals surface area contributed by atoms with Gasteiger partial charge in [0.1, 0.15) is 12.2 Å². The Morgan fingerprint density at radius 2 is 1.09 bits per heavy atom. The highest BCUT2D eigenvalue weighted by molar-refractivity contribution is 5.77. The zero-order valence-electron chi connectivity index (χ0n) is 15.3. The third-order valence-corrected chi connectivity index (χ3v) is 3.86. The van der Waals surface area contributed by atoms with E-state index in [2.05, 4.69) is 18.6 Å². The molecular formula is C18H34O5. The summed E-state index contributed by atoms with van der Waals surface area (Å²) >= 11 is 0. The van der Waals surface area contributed by atoms with Crippen LogP contribution in [0.25, 0.3) is 0 Å². The quantitative estimate of drug-likeness (QED) is 0.250. The van der Waals surface area contributed by atoms with Crippen molar-refractivity contribution in [3.05, 3.63) is 0 Å². The van der Waals surface area contributed by atoms with Crippen LogP contribution >= 0.6 is 0 Å². The number of hydrogen-bond acceptors (Lipinski definition) is 5. The molecule has 0 aliphatic heterocycles. The van der Waals surface area contributed by atoms with Crippen molar-refractivity contribution < 1.29 is 23.8 Å². The standard InChI is InChI=1S/C18H34O5/c1-5-9-11-13-15(7-3)21-17(19)23-18(20)22-16(8-4)14-12-10-6-2/h15-16H,5-14H2,1-4H3. The lowest BCUT2D eigenvalue weighted by Crippen LogP contribution is -2.24. The van der Waals surface area contributed by atoms with Crippen LogP contribution in [0.3, 0.4) is 0 Å². The highest BCUT2D eigenvalue weighted by Crippen LogP contribution is 2.13. The molecule has 136 valence electrons. The summed E-state index contributed by atoms with van der Waals surface area (Å²) in [7, 11) is 0. The Labute approximate surface area is 141 Å². The van der Waals surface area contributed by atoms with Gasteiger partial charge in [0.15, 0.2) is 0 Å². The van der Waals surface area contributed by atoms with Crippen LogP contribution in [0.4, 0.5) is 9.59 Å². The SMILES string of the molecule is CCCCCC(CC)OC(=O)OC(=O)OC(CC)CCCCC. The normalized spacial score (nSPS) is 13.2. The third kappa shape index (κ3) is 11.9. The molecule has 0 aromatic carbocycles. The summed E-state index contributed by atoms with van der Waals surface area (Å²) in [4.78, 5) is 23.3. The fourth-order valence-electron chi connectivity index (χ4n) is 2.33. The molecule has 0 aromatic heterocycles. The molecule has 0 radical (unpaired) electrons. The molecule has 0 heterocycles. The third-order valence-electron chi connectivity index (χ3n) is 3.86. The minimum atomic E-state index is -0.957. The van der Waals surface area contributed by atoms with Gasteiger partial charge in [0.25, 0.3) is 0 Å². The zero-order chi connectivity index (χ0) is 17.5. The number of carbonyl (C=O) groups is 2. The van der Waals surface area contributed by atoms with Gasteiger partial charge >= 0.3 is 12.3 Å². The number of rotatable bonds is 12. The summed E-state index contributed by atoms with van der Waals surface area (Å²) < 4.78 is 14.9. The molecule has 2 unspecified atom stereocenters. The second kappa shape index (κ2) is 14.3. The molecule has 5 nitrogen and oxygen atoms in total. The number of unbranched alkanes of at least 4 members (excludes halogenated alkanes) is 4. The Hall–Kier alpha value is -1.26. The Balaban J connectivity index is 4.08. The maximum atomic E-state index is 11.6. The molecule has 0 amide bonds. The molecule has 2 atom stereocenters. The molecule has 0 rings (SSSR count). The molecule has 5 heteroatoms. The molecule has 0 aliphatic carbocycles.